The normalized spacial score (nSPS) is 11.4. The number of fused-ring (bicyclic) bond motifs is 1. The van der Waals surface area contributed by atoms with Gasteiger partial charge in [-0.05, 0) is 42.5 Å². The SMILES string of the molecule is COc1cccc(S(=O)(=O)c2cccc(-c3ccc4nc(NC(C)=O)sc4c3)n2)c1. The molecular formula is C21H17N3O4S2. The van der Waals surface area contributed by atoms with E-state index in [1.807, 2.05) is 18.2 Å². The number of carbonyl (C=O) groups excluding carboxylic acids is 1. The number of sulfone groups is 1. The van der Waals surface area contributed by atoms with Crippen molar-refractivity contribution in [1.29, 1.82) is 0 Å². The number of thiazole rings is 1. The third-order valence-electron chi connectivity index (χ3n) is 4.32. The van der Waals surface area contributed by atoms with E-state index < -0.39 is 9.84 Å². The molecule has 0 bridgehead atoms. The highest BCUT2D eigenvalue weighted by molar-refractivity contribution is 7.91. The quantitative estimate of drug-likeness (QED) is 0.501. The molecule has 2 aromatic carbocycles. The first-order valence-electron chi connectivity index (χ1n) is 8.91. The van der Waals surface area contributed by atoms with Crippen LogP contribution in [0.2, 0.25) is 0 Å². The fourth-order valence-electron chi connectivity index (χ4n) is 2.90. The van der Waals surface area contributed by atoms with E-state index in [-0.39, 0.29) is 15.8 Å². The Balaban J connectivity index is 1.73. The Morgan fingerprint density at radius 2 is 1.83 bits per heavy atom. The van der Waals surface area contributed by atoms with Crippen LogP contribution in [0.5, 0.6) is 5.75 Å². The average Bonchev–Trinajstić information content (AvgIpc) is 3.14. The van der Waals surface area contributed by atoms with Crippen molar-refractivity contribution in [2.24, 2.45) is 0 Å². The van der Waals surface area contributed by atoms with Crippen molar-refractivity contribution in [3.8, 4) is 17.0 Å². The number of ether oxygens (including phenoxy) is 1. The third-order valence-corrected chi connectivity index (χ3v) is 6.90. The van der Waals surface area contributed by atoms with E-state index in [1.165, 1.54) is 43.6 Å². The number of aromatic nitrogens is 2. The van der Waals surface area contributed by atoms with Gasteiger partial charge in [0.2, 0.25) is 15.7 Å². The molecule has 1 N–H and O–H groups in total. The molecule has 0 radical (unpaired) electrons. The largest absolute Gasteiger partial charge is 0.497 e. The summed E-state index contributed by atoms with van der Waals surface area (Å²) in [6.07, 6.45) is 0. The second kappa shape index (κ2) is 7.85. The molecule has 0 saturated carbocycles. The standard InChI is InChI=1S/C21H17N3O4S2/c1-13(25)22-21-24-18-10-9-14(11-19(18)29-21)17-7-4-8-20(23-17)30(26,27)16-6-3-5-15(12-16)28-2/h3-12H,1-2H3,(H,22,24,25). The van der Waals surface area contributed by atoms with E-state index in [1.54, 1.807) is 24.3 Å². The van der Waals surface area contributed by atoms with Gasteiger partial charge >= 0.3 is 0 Å². The molecule has 0 spiro atoms. The minimum atomic E-state index is -3.80. The lowest BCUT2D eigenvalue weighted by Gasteiger charge is -2.08. The molecule has 0 saturated heterocycles. The van der Waals surface area contributed by atoms with Gasteiger partial charge in [-0.25, -0.2) is 18.4 Å². The van der Waals surface area contributed by atoms with Crippen molar-refractivity contribution >= 4 is 42.4 Å². The van der Waals surface area contributed by atoms with E-state index in [0.29, 0.717) is 16.6 Å². The topological polar surface area (TPSA) is 98.3 Å². The van der Waals surface area contributed by atoms with Gasteiger partial charge in [-0.1, -0.05) is 29.5 Å². The van der Waals surface area contributed by atoms with Crippen LogP contribution < -0.4 is 10.1 Å². The van der Waals surface area contributed by atoms with Crippen LogP contribution in [0, 0.1) is 0 Å². The number of methoxy groups -OCH3 is 1. The third kappa shape index (κ3) is 3.89. The molecule has 30 heavy (non-hydrogen) atoms. The van der Waals surface area contributed by atoms with Crippen LogP contribution in [-0.4, -0.2) is 31.4 Å². The van der Waals surface area contributed by atoms with Gasteiger partial charge in [-0.3, -0.25) is 4.79 Å². The predicted molar refractivity (Wildman–Crippen MR) is 116 cm³/mol. The van der Waals surface area contributed by atoms with Crippen molar-refractivity contribution < 1.29 is 17.9 Å². The number of hydrogen-bond donors (Lipinski definition) is 1. The van der Waals surface area contributed by atoms with Gasteiger partial charge < -0.3 is 10.1 Å². The monoisotopic (exact) mass is 439 g/mol. The van der Waals surface area contributed by atoms with Crippen LogP contribution in [0.1, 0.15) is 6.92 Å². The number of pyridine rings is 1. The minimum absolute atomic E-state index is 0.0448. The first-order valence-corrected chi connectivity index (χ1v) is 11.2. The lowest BCUT2D eigenvalue weighted by atomic mass is 10.1. The van der Waals surface area contributed by atoms with Crippen molar-refractivity contribution in [2.45, 2.75) is 16.8 Å². The number of rotatable bonds is 5. The second-order valence-electron chi connectivity index (χ2n) is 6.43. The maximum atomic E-state index is 13.0. The molecule has 9 heteroatoms. The van der Waals surface area contributed by atoms with Crippen LogP contribution >= 0.6 is 11.3 Å². The highest BCUT2D eigenvalue weighted by Gasteiger charge is 2.20. The second-order valence-corrected chi connectivity index (χ2v) is 9.35. The molecule has 0 aliphatic carbocycles. The van der Waals surface area contributed by atoms with E-state index in [0.717, 1.165) is 15.8 Å². The molecule has 4 rings (SSSR count). The number of carbonyl (C=O) groups is 1. The summed E-state index contributed by atoms with van der Waals surface area (Å²) in [6.45, 7) is 1.43. The Bertz CT molecular complexity index is 1360. The zero-order valence-electron chi connectivity index (χ0n) is 16.1. The highest BCUT2D eigenvalue weighted by atomic mass is 32.2. The first-order chi connectivity index (χ1) is 14.4. The number of benzene rings is 2. The molecule has 0 aliphatic rings. The Morgan fingerprint density at radius 3 is 2.60 bits per heavy atom. The van der Waals surface area contributed by atoms with Gasteiger partial charge in [0.25, 0.3) is 0 Å². The summed E-state index contributed by atoms with van der Waals surface area (Å²) in [6, 6.07) is 16.7. The van der Waals surface area contributed by atoms with E-state index in [4.69, 9.17) is 4.74 Å². The van der Waals surface area contributed by atoms with Gasteiger partial charge in [-0.2, -0.15) is 0 Å². The average molecular weight is 440 g/mol. The van der Waals surface area contributed by atoms with Gasteiger partial charge in [0, 0.05) is 12.5 Å². The summed E-state index contributed by atoms with van der Waals surface area (Å²) < 4.78 is 32.1. The Labute approximate surface area is 177 Å². The molecule has 0 atom stereocenters. The molecule has 152 valence electrons. The summed E-state index contributed by atoms with van der Waals surface area (Å²) in [5.41, 5.74) is 2.02. The smallest absolute Gasteiger partial charge is 0.223 e. The maximum Gasteiger partial charge on any atom is 0.223 e. The van der Waals surface area contributed by atoms with Crippen molar-refractivity contribution in [2.75, 3.05) is 12.4 Å². The van der Waals surface area contributed by atoms with Crippen LogP contribution in [0.15, 0.2) is 70.6 Å². The van der Waals surface area contributed by atoms with Gasteiger partial charge in [-0.15, -0.1) is 0 Å². The summed E-state index contributed by atoms with van der Waals surface area (Å²) >= 11 is 1.34. The Hall–Kier alpha value is -3.30. The Morgan fingerprint density at radius 1 is 1.03 bits per heavy atom. The van der Waals surface area contributed by atoms with Gasteiger partial charge in [0.05, 0.1) is 27.9 Å². The van der Waals surface area contributed by atoms with Crippen molar-refractivity contribution in [1.82, 2.24) is 9.97 Å². The summed E-state index contributed by atoms with van der Waals surface area (Å²) in [5, 5.41) is 3.14. The molecule has 0 unspecified atom stereocenters. The highest BCUT2D eigenvalue weighted by Crippen LogP contribution is 2.31. The summed E-state index contributed by atoms with van der Waals surface area (Å²) in [4.78, 5) is 20.1. The van der Waals surface area contributed by atoms with Crippen molar-refractivity contribution in [3.63, 3.8) is 0 Å². The zero-order chi connectivity index (χ0) is 21.3. The predicted octanol–water partition coefficient (Wildman–Crippen LogP) is 4.16. The van der Waals surface area contributed by atoms with Crippen LogP contribution in [0.25, 0.3) is 21.5 Å². The lowest BCUT2D eigenvalue weighted by molar-refractivity contribution is -0.114. The van der Waals surface area contributed by atoms with Gasteiger partial charge in [0.1, 0.15) is 5.75 Å². The van der Waals surface area contributed by atoms with Crippen LogP contribution in [-0.2, 0) is 14.6 Å². The Kier molecular flexibility index (Phi) is 5.23. The van der Waals surface area contributed by atoms with Crippen molar-refractivity contribution in [3.05, 3.63) is 60.7 Å². The van der Waals surface area contributed by atoms with E-state index in [9.17, 15) is 13.2 Å². The van der Waals surface area contributed by atoms with E-state index in [2.05, 4.69) is 15.3 Å². The fourth-order valence-corrected chi connectivity index (χ4v) is 5.10. The number of nitrogens with zero attached hydrogens (tertiary/aromatic N) is 2. The molecule has 7 nitrogen and oxygen atoms in total. The molecule has 4 aromatic rings. The fraction of sp³-hybridized carbons (Fsp3) is 0.0952. The molecule has 2 aromatic heterocycles. The molecular weight excluding hydrogens is 422 g/mol. The summed E-state index contributed by atoms with van der Waals surface area (Å²) in [7, 11) is -2.32. The van der Waals surface area contributed by atoms with Crippen LogP contribution in [0.3, 0.4) is 0 Å². The molecule has 1 amide bonds. The zero-order valence-corrected chi connectivity index (χ0v) is 17.8. The minimum Gasteiger partial charge on any atom is -0.497 e. The van der Waals surface area contributed by atoms with Gasteiger partial charge in [0.15, 0.2) is 10.2 Å². The summed E-state index contributed by atoms with van der Waals surface area (Å²) in [5.74, 6) is 0.268. The first kappa shape index (κ1) is 20.0. The molecule has 0 fully saturated rings. The molecule has 0 aliphatic heterocycles. The van der Waals surface area contributed by atoms with Crippen LogP contribution in [0.4, 0.5) is 5.13 Å². The lowest BCUT2D eigenvalue weighted by Crippen LogP contribution is -2.05. The van der Waals surface area contributed by atoms with E-state index >= 15 is 0 Å². The number of hydrogen-bond acceptors (Lipinski definition) is 7. The number of nitrogens with one attached hydrogen (secondary N) is 1. The number of anilines is 1. The maximum absolute atomic E-state index is 13.0. The number of amides is 1. The molecule has 2 heterocycles.